The number of nitrogens with zero attached hydrogens (tertiary/aromatic N) is 1. The largest absolute Gasteiger partial charge is 0.444 e. The van der Waals surface area contributed by atoms with Gasteiger partial charge >= 0.3 is 6.09 Å². The van der Waals surface area contributed by atoms with Gasteiger partial charge in [0.05, 0.1) is 0 Å². The van der Waals surface area contributed by atoms with Gasteiger partial charge in [-0.1, -0.05) is 30.3 Å². The SMILES string of the molecule is CC(C)(C)OC(=O)NC(C)(C)C(=O)N1CCNC(c2ccccc2)C1. The van der Waals surface area contributed by atoms with Gasteiger partial charge in [0.25, 0.3) is 0 Å². The van der Waals surface area contributed by atoms with Crippen LogP contribution in [0.3, 0.4) is 0 Å². The molecule has 1 fully saturated rings. The van der Waals surface area contributed by atoms with Crippen LogP contribution in [-0.4, -0.2) is 47.7 Å². The second-order valence-electron chi connectivity index (χ2n) is 7.92. The molecule has 6 heteroatoms. The molecule has 2 rings (SSSR count). The number of amides is 2. The Hall–Kier alpha value is -2.08. The lowest BCUT2D eigenvalue weighted by atomic mass is 10.00. The molecule has 2 N–H and O–H groups in total. The normalized spacial score (nSPS) is 18.6. The fraction of sp³-hybridized carbons (Fsp3) is 0.579. The summed E-state index contributed by atoms with van der Waals surface area (Å²) < 4.78 is 5.27. The maximum atomic E-state index is 12.9. The van der Waals surface area contributed by atoms with E-state index in [1.165, 1.54) is 0 Å². The molecule has 1 aliphatic heterocycles. The summed E-state index contributed by atoms with van der Waals surface area (Å²) in [4.78, 5) is 26.8. The average molecular weight is 347 g/mol. The van der Waals surface area contributed by atoms with E-state index in [0.29, 0.717) is 19.6 Å². The fourth-order valence-electron chi connectivity index (χ4n) is 2.85. The molecule has 0 radical (unpaired) electrons. The average Bonchev–Trinajstić information content (AvgIpc) is 2.52. The molecular formula is C19H29N3O3. The van der Waals surface area contributed by atoms with Crippen molar-refractivity contribution in [3.8, 4) is 0 Å². The molecule has 0 bridgehead atoms. The lowest BCUT2D eigenvalue weighted by Crippen LogP contribution is -2.60. The number of alkyl carbamates (subject to hydrolysis) is 1. The minimum Gasteiger partial charge on any atom is -0.444 e. The number of carbonyl (C=O) groups excluding carboxylic acids is 2. The van der Waals surface area contributed by atoms with Crippen LogP contribution in [0.4, 0.5) is 4.79 Å². The molecule has 2 amide bonds. The van der Waals surface area contributed by atoms with Crippen LogP contribution in [0.25, 0.3) is 0 Å². The molecular weight excluding hydrogens is 318 g/mol. The van der Waals surface area contributed by atoms with E-state index in [1.54, 1.807) is 39.5 Å². The summed E-state index contributed by atoms with van der Waals surface area (Å²) in [6, 6.07) is 10.2. The molecule has 1 saturated heterocycles. The van der Waals surface area contributed by atoms with Crippen LogP contribution in [0.1, 0.15) is 46.2 Å². The zero-order chi connectivity index (χ0) is 18.7. The highest BCUT2D eigenvalue weighted by Crippen LogP contribution is 2.20. The maximum Gasteiger partial charge on any atom is 0.408 e. The highest BCUT2D eigenvalue weighted by Gasteiger charge is 2.37. The van der Waals surface area contributed by atoms with Crippen LogP contribution in [-0.2, 0) is 9.53 Å². The van der Waals surface area contributed by atoms with Crippen molar-refractivity contribution in [1.29, 1.82) is 0 Å². The second kappa shape index (κ2) is 7.44. The minimum atomic E-state index is -1.03. The highest BCUT2D eigenvalue weighted by molar-refractivity contribution is 5.89. The van der Waals surface area contributed by atoms with Crippen LogP contribution < -0.4 is 10.6 Å². The first-order chi connectivity index (χ1) is 11.6. The molecule has 6 nitrogen and oxygen atoms in total. The van der Waals surface area contributed by atoms with Crippen LogP contribution in [0.5, 0.6) is 0 Å². The molecule has 1 aliphatic rings. The Morgan fingerprint density at radius 3 is 2.40 bits per heavy atom. The molecule has 1 atom stereocenters. The molecule has 1 unspecified atom stereocenters. The third-order valence-corrected chi connectivity index (χ3v) is 4.01. The molecule has 0 aliphatic carbocycles. The number of hydrogen-bond acceptors (Lipinski definition) is 4. The number of rotatable bonds is 3. The van der Waals surface area contributed by atoms with E-state index < -0.39 is 17.2 Å². The van der Waals surface area contributed by atoms with Gasteiger partial charge in [0, 0.05) is 25.7 Å². The lowest BCUT2D eigenvalue weighted by molar-refractivity contribution is -0.138. The van der Waals surface area contributed by atoms with E-state index in [0.717, 1.165) is 5.56 Å². The summed E-state index contributed by atoms with van der Waals surface area (Å²) in [6.45, 7) is 10.7. The van der Waals surface area contributed by atoms with Gasteiger partial charge in [-0.05, 0) is 40.2 Å². The minimum absolute atomic E-state index is 0.0937. The zero-order valence-electron chi connectivity index (χ0n) is 15.8. The van der Waals surface area contributed by atoms with Gasteiger partial charge < -0.3 is 20.3 Å². The van der Waals surface area contributed by atoms with Gasteiger partial charge in [-0.25, -0.2) is 4.79 Å². The van der Waals surface area contributed by atoms with E-state index in [2.05, 4.69) is 22.8 Å². The van der Waals surface area contributed by atoms with E-state index in [4.69, 9.17) is 4.74 Å². The van der Waals surface area contributed by atoms with E-state index in [-0.39, 0.29) is 11.9 Å². The van der Waals surface area contributed by atoms with Crippen LogP contribution in [0.2, 0.25) is 0 Å². The Balaban J connectivity index is 2.01. The van der Waals surface area contributed by atoms with Crippen molar-refractivity contribution in [2.24, 2.45) is 0 Å². The van der Waals surface area contributed by atoms with Crippen molar-refractivity contribution in [1.82, 2.24) is 15.5 Å². The van der Waals surface area contributed by atoms with Crippen molar-refractivity contribution in [2.45, 2.75) is 51.8 Å². The van der Waals surface area contributed by atoms with Gasteiger partial charge in [-0.2, -0.15) is 0 Å². The van der Waals surface area contributed by atoms with E-state index in [9.17, 15) is 9.59 Å². The number of hydrogen-bond donors (Lipinski definition) is 2. The smallest absolute Gasteiger partial charge is 0.408 e. The predicted octanol–water partition coefficient (Wildman–Crippen LogP) is 2.46. The van der Waals surface area contributed by atoms with Gasteiger partial charge in [0.1, 0.15) is 11.1 Å². The van der Waals surface area contributed by atoms with E-state index in [1.807, 2.05) is 18.2 Å². The number of ether oxygens (including phenoxy) is 1. The Labute approximate surface area is 149 Å². The Bertz CT molecular complexity index is 608. The van der Waals surface area contributed by atoms with E-state index >= 15 is 0 Å². The van der Waals surface area contributed by atoms with Crippen molar-refractivity contribution in [3.05, 3.63) is 35.9 Å². The first-order valence-corrected chi connectivity index (χ1v) is 8.67. The fourth-order valence-corrected chi connectivity index (χ4v) is 2.85. The van der Waals surface area contributed by atoms with Crippen LogP contribution in [0, 0.1) is 0 Å². The predicted molar refractivity (Wildman–Crippen MR) is 97.2 cm³/mol. The summed E-state index contributed by atoms with van der Waals surface area (Å²) in [6.07, 6.45) is -0.583. The molecule has 0 aromatic heterocycles. The van der Waals surface area contributed by atoms with Crippen molar-refractivity contribution >= 4 is 12.0 Å². The topological polar surface area (TPSA) is 70.7 Å². The lowest BCUT2D eigenvalue weighted by Gasteiger charge is -2.38. The van der Waals surface area contributed by atoms with Gasteiger partial charge in [-0.15, -0.1) is 0 Å². The number of nitrogens with one attached hydrogen (secondary N) is 2. The summed E-state index contributed by atoms with van der Waals surface area (Å²) in [5.41, 5.74) is -0.477. The monoisotopic (exact) mass is 347 g/mol. The summed E-state index contributed by atoms with van der Waals surface area (Å²) in [5, 5.41) is 6.13. The molecule has 0 saturated carbocycles. The number of carbonyl (C=O) groups is 2. The standard InChI is InChI=1S/C19H29N3O3/c1-18(2,3)25-17(24)21-19(4,5)16(23)22-12-11-20-15(13-22)14-9-7-6-8-10-14/h6-10,15,20H,11-13H2,1-5H3,(H,21,24). The Morgan fingerprint density at radius 2 is 1.80 bits per heavy atom. The first kappa shape index (κ1) is 19.2. The van der Waals surface area contributed by atoms with Crippen LogP contribution in [0.15, 0.2) is 30.3 Å². The third kappa shape index (κ3) is 5.46. The van der Waals surface area contributed by atoms with Gasteiger partial charge in [-0.3, -0.25) is 4.79 Å². The molecule has 1 aromatic rings. The van der Waals surface area contributed by atoms with Crippen molar-refractivity contribution in [3.63, 3.8) is 0 Å². The number of piperazine rings is 1. The molecule has 1 heterocycles. The molecule has 1 aromatic carbocycles. The summed E-state index contributed by atoms with van der Waals surface area (Å²) in [5.74, 6) is -0.110. The molecule has 138 valence electrons. The molecule has 25 heavy (non-hydrogen) atoms. The quantitative estimate of drug-likeness (QED) is 0.881. The maximum absolute atomic E-state index is 12.9. The Kier molecular flexibility index (Phi) is 5.72. The number of benzene rings is 1. The van der Waals surface area contributed by atoms with Crippen LogP contribution >= 0.6 is 0 Å². The van der Waals surface area contributed by atoms with Crippen molar-refractivity contribution < 1.29 is 14.3 Å². The second-order valence-corrected chi connectivity index (χ2v) is 7.92. The highest BCUT2D eigenvalue weighted by atomic mass is 16.6. The Morgan fingerprint density at radius 1 is 1.16 bits per heavy atom. The van der Waals surface area contributed by atoms with Gasteiger partial charge in [0.15, 0.2) is 0 Å². The third-order valence-electron chi connectivity index (χ3n) is 4.01. The molecule has 0 spiro atoms. The first-order valence-electron chi connectivity index (χ1n) is 8.67. The van der Waals surface area contributed by atoms with Crippen molar-refractivity contribution in [2.75, 3.05) is 19.6 Å². The zero-order valence-corrected chi connectivity index (χ0v) is 15.8. The summed E-state index contributed by atoms with van der Waals surface area (Å²) >= 11 is 0. The van der Waals surface area contributed by atoms with Gasteiger partial charge in [0.2, 0.25) is 5.91 Å². The summed E-state index contributed by atoms with van der Waals surface area (Å²) in [7, 11) is 0.